The summed E-state index contributed by atoms with van der Waals surface area (Å²) in [6.45, 7) is 8.51. The van der Waals surface area contributed by atoms with Gasteiger partial charge in [-0.25, -0.2) is 0 Å². The van der Waals surface area contributed by atoms with Gasteiger partial charge in [-0.1, -0.05) is 77.3 Å². The molecule has 196 valence electrons. The average molecular weight is 495 g/mol. The molecule has 0 aliphatic heterocycles. The fourth-order valence-electron chi connectivity index (χ4n) is 4.83. The number of methoxy groups -OCH3 is 1. The molecule has 1 N–H and O–H groups in total. The zero-order valence-corrected chi connectivity index (χ0v) is 22.5. The summed E-state index contributed by atoms with van der Waals surface area (Å²) in [5, 5.41) is 3.22. The average Bonchev–Trinajstić information content (AvgIpc) is 2.87. The third-order valence-electron chi connectivity index (χ3n) is 6.90. The first-order valence-electron chi connectivity index (χ1n) is 13.2. The molecule has 1 fully saturated rings. The predicted molar refractivity (Wildman–Crippen MR) is 143 cm³/mol. The SMILES string of the molecule is CC[C@H](C(=O)NC1CCCCC1)N(Cc1ccc(OC)cc1)C(=O)COc1ccccc1C(C)(C)C. The third kappa shape index (κ3) is 7.49. The minimum absolute atomic E-state index is 0.0821. The Balaban J connectivity index is 1.80. The van der Waals surface area contributed by atoms with Crippen molar-refractivity contribution in [2.24, 2.45) is 0 Å². The summed E-state index contributed by atoms with van der Waals surface area (Å²) in [5.74, 6) is 1.16. The van der Waals surface area contributed by atoms with Crippen LogP contribution in [0.5, 0.6) is 11.5 Å². The van der Waals surface area contributed by atoms with Crippen molar-refractivity contribution in [3.63, 3.8) is 0 Å². The fourth-order valence-corrected chi connectivity index (χ4v) is 4.83. The highest BCUT2D eigenvalue weighted by Crippen LogP contribution is 2.31. The summed E-state index contributed by atoms with van der Waals surface area (Å²) >= 11 is 0. The first kappa shape index (κ1) is 27.6. The Morgan fingerprint density at radius 2 is 1.69 bits per heavy atom. The van der Waals surface area contributed by atoms with E-state index in [-0.39, 0.29) is 29.9 Å². The Morgan fingerprint density at radius 1 is 1.03 bits per heavy atom. The number of nitrogens with zero attached hydrogens (tertiary/aromatic N) is 1. The highest BCUT2D eigenvalue weighted by Gasteiger charge is 2.31. The lowest BCUT2D eigenvalue weighted by atomic mass is 9.86. The molecule has 2 aromatic carbocycles. The maximum atomic E-state index is 13.6. The van der Waals surface area contributed by atoms with Crippen LogP contribution in [-0.2, 0) is 21.5 Å². The van der Waals surface area contributed by atoms with Crippen molar-refractivity contribution in [3.05, 3.63) is 59.7 Å². The minimum Gasteiger partial charge on any atom is -0.497 e. The number of benzene rings is 2. The molecule has 1 aliphatic rings. The summed E-state index contributed by atoms with van der Waals surface area (Å²) in [4.78, 5) is 28.6. The van der Waals surface area contributed by atoms with E-state index in [4.69, 9.17) is 9.47 Å². The molecule has 2 aromatic rings. The first-order chi connectivity index (χ1) is 17.2. The van der Waals surface area contributed by atoms with Gasteiger partial charge in [-0.2, -0.15) is 0 Å². The Bertz CT molecular complexity index is 991. The molecule has 0 radical (unpaired) electrons. The number of rotatable bonds is 10. The van der Waals surface area contributed by atoms with Crippen LogP contribution in [0.15, 0.2) is 48.5 Å². The third-order valence-corrected chi connectivity index (χ3v) is 6.90. The fraction of sp³-hybridized carbons (Fsp3) is 0.533. The van der Waals surface area contributed by atoms with Crippen LogP contribution >= 0.6 is 0 Å². The molecule has 0 unspecified atom stereocenters. The van der Waals surface area contributed by atoms with Gasteiger partial charge in [0.15, 0.2) is 6.61 Å². The number of ether oxygens (including phenoxy) is 2. The van der Waals surface area contributed by atoms with E-state index < -0.39 is 6.04 Å². The van der Waals surface area contributed by atoms with Crippen molar-refractivity contribution >= 4 is 11.8 Å². The summed E-state index contributed by atoms with van der Waals surface area (Å²) < 4.78 is 11.3. The van der Waals surface area contributed by atoms with Crippen LogP contribution in [-0.4, -0.2) is 42.5 Å². The van der Waals surface area contributed by atoms with Crippen molar-refractivity contribution in [3.8, 4) is 11.5 Å². The van der Waals surface area contributed by atoms with Crippen LogP contribution in [0.2, 0.25) is 0 Å². The standard InChI is InChI=1S/C30H42N2O4/c1-6-26(29(34)31-23-12-8-7-9-13-23)32(20-22-16-18-24(35-5)19-17-22)28(33)21-36-27-15-11-10-14-25(27)30(2,3)4/h10-11,14-19,23,26H,6-9,12-13,20-21H2,1-5H3,(H,31,34)/t26-/m1/s1. The number of carbonyl (C=O) groups excluding carboxylic acids is 2. The van der Waals surface area contributed by atoms with Gasteiger partial charge >= 0.3 is 0 Å². The van der Waals surface area contributed by atoms with E-state index >= 15 is 0 Å². The van der Waals surface area contributed by atoms with Crippen molar-refractivity contribution in [1.29, 1.82) is 0 Å². The zero-order chi connectivity index (χ0) is 26.1. The smallest absolute Gasteiger partial charge is 0.261 e. The van der Waals surface area contributed by atoms with E-state index in [0.717, 1.165) is 42.6 Å². The van der Waals surface area contributed by atoms with E-state index in [0.29, 0.717) is 18.7 Å². The van der Waals surface area contributed by atoms with Gasteiger partial charge in [0.1, 0.15) is 17.5 Å². The van der Waals surface area contributed by atoms with Gasteiger partial charge < -0.3 is 19.7 Å². The van der Waals surface area contributed by atoms with Crippen LogP contribution in [0.1, 0.15) is 77.3 Å². The molecule has 1 saturated carbocycles. The number of hydrogen-bond donors (Lipinski definition) is 1. The molecule has 3 rings (SSSR count). The molecule has 0 spiro atoms. The molecule has 6 nitrogen and oxygen atoms in total. The van der Waals surface area contributed by atoms with Gasteiger partial charge in [-0.15, -0.1) is 0 Å². The molecular formula is C30H42N2O4. The lowest BCUT2D eigenvalue weighted by Gasteiger charge is -2.33. The maximum absolute atomic E-state index is 13.6. The second kappa shape index (κ2) is 12.8. The number of carbonyl (C=O) groups is 2. The highest BCUT2D eigenvalue weighted by molar-refractivity contribution is 5.88. The number of nitrogens with one attached hydrogen (secondary N) is 1. The molecule has 0 aromatic heterocycles. The zero-order valence-electron chi connectivity index (χ0n) is 22.5. The lowest BCUT2D eigenvalue weighted by molar-refractivity contribution is -0.143. The van der Waals surface area contributed by atoms with E-state index in [1.165, 1.54) is 6.42 Å². The highest BCUT2D eigenvalue weighted by atomic mass is 16.5. The Kier molecular flexibility index (Phi) is 9.80. The van der Waals surface area contributed by atoms with Crippen molar-refractivity contribution in [2.45, 2.75) is 90.3 Å². The van der Waals surface area contributed by atoms with E-state index in [9.17, 15) is 9.59 Å². The summed E-state index contributed by atoms with van der Waals surface area (Å²) in [6, 6.07) is 15.0. The second-order valence-electron chi connectivity index (χ2n) is 10.7. The van der Waals surface area contributed by atoms with Crippen LogP contribution in [0.3, 0.4) is 0 Å². The number of amides is 2. The van der Waals surface area contributed by atoms with Gasteiger partial charge in [-0.05, 0) is 54.0 Å². The molecule has 6 heteroatoms. The Labute approximate surface area is 216 Å². The maximum Gasteiger partial charge on any atom is 0.261 e. The molecule has 1 aliphatic carbocycles. The van der Waals surface area contributed by atoms with E-state index in [1.54, 1.807) is 12.0 Å². The predicted octanol–water partition coefficient (Wildman–Crippen LogP) is 5.63. The lowest BCUT2D eigenvalue weighted by Crippen LogP contribution is -2.52. The second-order valence-corrected chi connectivity index (χ2v) is 10.7. The van der Waals surface area contributed by atoms with Crippen LogP contribution < -0.4 is 14.8 Å². The minimum atomic E-state index is -0.567. The van der Waals surface area contributed by atoms with Gasteiger partial charge in [-0.3, -0.25) is 9.59 Å². The van der Waals surface area contributed by atoms with E-state index in [2.05, 4.69) is 26.1 Å². The van der Waals surface area contributed by atoms with Gasteiger partial charge in [0.25, 0.3) is 5.91 Å². The van der Waals surface area contributed by atoms with Crippen molar-refractivity contribution in [2.75, 3.05) is 13.7 Å². The molecular weight excluding hydrogens is 452 g/mol. The topological polar surface area (TPSA) is 67.9 Å². The molecule has 1 atom stereocenters. The van der Waals surface area contributed by atoms with Crippen LogP contribution in [0, 0.1) is 0 Å². The summed E-state index contributed by atoms with van der Waals surface area (Å²) in [5.41, 5.74) is 1.86. The van der Waals surface area contributed by atoms with E-state index in [1.807, 2.05) is 55.5 Å². The summed E-state index contributed by atoms with van der Waals surface area (Å²) in [6.07, 6.45) is 6.02. The summed E-state index contributed by atoms with van der Waals surface area (Å²) in [7, 11) is 1.63. The normalized spacial score (nSPS) is 15.1. The van der Waals surface area contributed by atoms with Crippen molar-refractivity contribution < 1.29 is 19.1 Å². The number of hydrogen-bond acceptors (Lipinski definition) is 4. The monoisotopic (exact) mass is 494 g/mol. The molecule has 0 saturated heterocycles. The molecule has 36 heavy (non-hydrogen) atoms. The van der Waals surface area contributed by atoms with Gasteiger partial charge in [0.05, 0.1) is 7.11 Å². The molecule has 0 heterocycles. The van der Waals surface area contributed by atoms with Gasteiger partial charge in [0.2, 0.25) is 5.91 Å². The first-order valence-corrected chi connectivity index (χ1v) is 13.2. The Morgan fingerprint density at radius 3 is 2.31 bits per heavy atom. The van der Waals surface area contributed by atoms with Crippen molar-refractivity contribution in [1.82, 2.24) is 10.2 Å². The molecule has 0 bridgehead atoms. The number of para-hydroxylation sites is 1. The molecule has 2 amide bonds. The Hall–Kier alpha value is -3.02. The van der Waals surface area contributed by atoms with Crippen LogP contribution in [0.25, 0.3) is 0 Å². The van der Waals surface area contributed by atoms with Crippen LogP contribution in [0.4, 0.5) is 0 Å². The van der Waals surface area contributed by atoms with Gasteiger partial charge in [0, 0.05) is 12.6 Å². The largest absolute Gasteiger partial charge is 0.497 e. The quantitative estimate of drug-likeness (QED) is 0.465.